The number of hydrogen-bond donors (Lipinski definition) is 2. The van der Waals surface area contributed by atoms with Gasteiger partial charge in [0.2, 0.25) is 5.91 Å². The highest BCUT2D eigenvalue weighted by molar-refractivity contribution is 7.09. The molecule has 0 spiro atoms. The fourth-order valence-electron chi connectivity index (χ4n) is 3.19. The Balaban J connectivity index is 0.00000264. The Labute approximate surface area is 162 Å². The summed E-state index contributed by atoms with van der Waals surface area (Å²) in [6.45, 7) is 5.60. The van der Waals surface area contributed by atoms with Crippen molar-refractivity contribution in [2.75, 3.05) is 13.1 Å². The highest BCUT2D eigenvalue weighted by Crippen LogP contribution is 2.38. The molecule has 1 aliphatic carbocycles. The van der Waals surface area contributed by atoms with E-state index in [0.717, 1.165) is 25.0 Å². The summed E-state index contributed by atoms with van der Waals surface area (Å²) in [5.41, 5.74) is 7.08. The Morgan fingerprint density at radius 1 is 1.33 bits per heavy atom. The summed E-state index contributed by atoms with van der Waals surface area (Å²) in [5.74, 6) is 0.621. The second-order valence-corrected chi connectivity index (χ2v) is 7.76. The zero-order valence-corrected chi connectivity index (χ0v) is 17.1. The van der Waals surface area contributed by atoms with Gasteiger partial charge in [-0.3, -0.25) is 4.79 Å². The molecule has 2 rings (SSSR count). The number of carbonyl (C=O) groups is 1. The minimum absolute atomic E-state index is 0. The second-order valence-electron chi connectivity index (χ2n) is 6.87. The molecule has 1 saturated carbocycles. The molecule has 1 amide bonds. The van der Waals surface area contributed by atoms with Crippen LogP contribution in [0, 0.1) is 5.41 Å². The van der Waals surface area contributed by atoms with E-state index >= 15 is 0 Å². The van der Waals surface area contributed by atoms with Crippen molar-refractivity contribution in [3.63, 3.8) is 0 Å². The largest absolute Gasteiger partial charge is 0.356 e. The molecule has 1 aromatic heterocycles. The average Bonchev–Trinajstić information content (AvgIpc) is 2.97. The first-order valence-corrected chi connectivity index (χ1v) is 9.34. The van der Waals surface area contributed by atoms with Crippen molar-refractivity contribution in [2.24, 2.45) is 11.1 Å². The van der Waals surface area contributed by atoms with Crippen molar-refractivity contribution >= 4 is 42.1 Å². The van der Waals surface area contributed by atoms with E-state index < -0.39 is 0 Å². The molecule has 1 aliphatic rings. The van der Waals surface area contributed by atoms with Gasteiger partial charge in [0, 0.05) is 30.7 Å². The number of hydrogen-bond acceptors (Lipinski definition) is 4. The maximum absolute atomic E-state index is 12.2. The lowest BCUT2D eigenvalue weighted by atomic mass is 9.71. The van der Waals surface area contributed by atoms with E-state index in [1.54, 1.807) is 11.3 Å². The quantitative estimate of drug-likeness (QED) is 0.730. The first-order valence-electron chi connectivity index (χ1n) is 8.46. The van der Waals surface area contributed by atoms with Crippen LogP contribution < -0.4 is 11.1 Å². The van der Waals surface area contributed by atoms with Crippen LogP contribution >= 0.6 is 36.2 Å². The number of halogens is 2. The predicted molar refractivity (Wildman–Crippen MR) is 107 cm³/mol. The van der Waals surface area contributed by atoms with Gasteiger partial charge in [-0.25, -0.2) is 4.98 Å². The maximum atomic E-state index is 12.2. The van der Waals surface area contributed by atoms with E-state index in [4.69, 9.17) is 5.73 Å². The predicted octanol–water partition coefficient (Wildman–Crippen LogP) is 4.07. The number of rotatable bonds is 7. The molecule has 1 fully saturated rings. The normalized spacial score (nSPS) is 16.2. The van der Waals surface area contributed by atoms with Crippen LogP contribution in [-0.2, 0) is 11.2 Å². The van der Waals surface area contributed by atoms with Gasteiger partial charge in [-0.15, -0.1) is 36.2 Å². The molecule has 140 valence electrons. The van der Waals surface area contributed by atoms with E-state index in [1.165, 1.54) is 24.3 Å². The highest BCUT2D eigenvalue weighted by atomic mass is 35.5. The van der Waals surface area contributed by atoms with Crippen molar-refractivity contribution < 1.29 is 4.79 Å². The van der Waals surface area contributed by atoms with Gasteiger partial charge >= 0.3 is 0 Å². The minimum Gasteiger partial charge on any atom is -0.356 e. The van der Waals surface area contributed by atoms with Crippen LogP contribution in [0.5, 0.6) is 0 Å². The third-order valence-electron chi connectivity index (χ3n) is 4.65. The minimum atomic E-state index is 0. The summed E-state index contributed by atoms with van der Waals surface area (Å²) < 4.78 is 0. The summed E-state index contributed by atoms with van der Waals surface area (Å²) >= 11 is 1.71. The summed E-state index contributed by atoms with van der Waals surface area (Å²) in [7, 11) is 0. The lowest BCUT2D eigenvalue weighted by Gasteiger charge is -2.35. The van der Waals surface area contributed by atoms with Gasteiger partial charge in [0.25, 0.3) is 0 Å². The summed E-state index contributed by atoms with van der Waals surface area (Å²) in [6.07, 6.45) is 7.29. The first-order chi connectivity index (χ1) is 10.5. The molecule has 0 aromatic carbocycles. The fraction of sp³-hybridized carbons (Fsp3) is 0.765. The molecule has 4 nitrogen and oxygen atoms in total. The lowest BCUT2D eigenvalue weighted by Crippen LogP contribution is -2.39. The summed E-state index contributed by atoms with van der Waals surface area (Å²) in [4.78, 5) is 16.8. The van der Waals surface area contributed by atoms with Gasteiger partial charge in [0.15, 0.2) is 0 Å². The number of nitrogens with zero attached hydrogens (tertiary/aromatic N) is 1. The smallest absolute Gasteiger partial charge is 0.220 e. The van der Waals surface area contributed by atoms with Crippen LogP contribution in [0.2, 0.25) is 0 Å². The summed E-state index contributed by atoms with van der Waals surface area (Å²) in [5, 5.41) is 6.32. The number of carbonyl (C=O) groups excluding carboxylic acids is 1. The number of aromatic nitrogens is 1. The Bertz CT molecular complexity index is 488. The monoisotopic (exact) mass is 395 g/mol. The SMILES string of the molecule is CC(C)c1nc(CCNC(=O)CC2(CN)CCCCC2)cs1.Cl.Cl. The van der Waals surface area contributed by atoms with Gasteiger partial charge in [-0.05, 0) is 24.8 Å². The highest BCUT2D eigenvalue weighted by Gasteiger charge is 2.32. The molecule has 0 atom stereocenters. The van der Waals surface area contributed by atoms with Gasteiger partial charge in [-0.2, -0.15) is 0 Å². The molecular weight excluding hydrogens is 365 g/mol. The third kappa shape index (κ3) is 6.87. The van der Waals surface area contributed by atoms with Crippen LogP contribution in [0.4, 0.5) is 0 Å². The standard InChI is InChI=1S/C17H29N3OS.2ClH/c1-13(2)16-20-14(11-22-16)6-9-19-15(21)10-17(12-18)7-4-3-5-8-17;;/h11,13H,3-10,12,18H2,1-2H3,(H,19,21);2*1H. The maximum Gasteiger partial charge on any atom is 0.220 e. The van der Waals surface area contributed by atoms with Gasteiger partial charge in [0.1, 0.15) is 0 Å². The Morgan fingerprint density at radius 2 is 2.00 bits per heavy atom. The van der Waals surface area contributed by atoms with E-state index in [-0.39, 0.29) is 36.1 Å². The molecule has 0 aliphatic heterocycles. The average molecular weight is 396 g/mol. The van der Waals surface area contributed by atoms with E-state index in [0.29, 0.717) is 25.4 Å². The van der Waals surface area contributed by atoms with Gasteiger partial charge < -0.3 is 11.1 Å². The molecular formula is C17H31Cl2N3OS. The molecule has 0 unspecified atom stereocenters. The molecule has 0 bridgehead atoms. The number of amides is 1. The van der Waals surface area contributed by atoms with Gasteiger partial charge in [-0.1, -0.05) is 33.1 Å². The van der Waals surface area contributed by atoms with Gasteiger partial charge in [0.05, 0.1) is 10.7 Å². The number of nitrogens with two attached hydrogens (primary N) is 1. The molecule has 0 radical (unpaired) electrons. The molecule has 1 aromatic rings. The Morgan fingerprint density at radius 3 is 2.54 bits per heavy atom. The van der Waals surface area contributed by atoms with Crippen molar-refractivity contribution in [3.05, 3.63) is 16.1 Å². The zero-order chi connectivity index (χ0) is 16.0. The molecule has 24 heavy (non-hydrogen) atoms. The number of thiazole rings is 1. The molecule has 0 saturated heterocycles. The molecule has 7 heteroatoms. The molecule has 1 heterocycles. The van der Waals surface area contributed by atoms with Crippen LogP contribution in [-0.4, -0.2) is 24.0 Å². The van der Waals surface area contributed by atoms with Crippen molar-refractivity contribution in [3.8, 4) is 0 Å². The molecule has 3 N–H and O–H groups in total. The van der Waals surface area contributed by atoms with E-state index in [1.807, 2.05) is 0 Å². The third-order valence-corrected chi connectivity index (χ3v) is 5.84. The Hall–Kier alpha value is -0.360. The second kappa shape index (κ2) is 11.3. The fourth-order valence-corrected chi connectivity index (χ4v) is 4.06. The van der Waals surface area contributed by atoms with Crippen LogP contribution in [0.1, 0.15) is 69.0 Å². The number of nitrogens with one attached hydrogen (secondary N) is 1. The Kier molecular flexibility index (Phi) is 11.1. The topological polar surface area (TPSA) is 68.0 Å². The van der Waals surface area contributed by atoms with E-state index in [9.17, 15) is 4.79 Å². The van der Waals surface area contributed by atoms with Crippen LogP contribution in [0.3, 0.4) is 0 Å². The van der Waals surface area contributed by atoms with E-state index in [2.05, 4.69) is 29.5 Å². The zero-order valence-electron chi connectivity index (χ0n) is 14.7. The van der Waals surface area contributed by atoms with Crippen molar-refractivity contribution in [1.82, 2.24) is 10.3 Å². The first kappa shape index (κ1) is 23.6. The van der Waals surface area contributed by atoms with Crippen LogP contribution in [0.25, 0.3) is 0 Å². The van der Waals surface area contributed by atoms with Crippen LogP contribution in [0.15, 0.2) is 5.38 Å². The van der Waals surface area contributed by atoms with Crippen molar-refractivity contribution in [1.29, 1.82) is 0 Å². The lowest BCUT2D eigenvalue weighted by molar-refractivity contribution is -0.123. The summed E-state index contributed by atoms with van der Waals surface area (Å²) in [6, 6.07) is 0. The van der Waals surface area contributed by atoms with Crippen molar-refractivity contribution in [2.45, 2.75) is 64.7 Å².